The lowest BCUT2D eigenvalue weighted by Gasteiger charge is -2.24. The Labute approximate surface area is 107 Å². The van der Waals surface area contributed by atoms with E-state index in [-0.39, 0.29) is 5.54 Å². The van der Waals surface area contributed by atoms with E-state index in [1.165, 1.54) is 16.7 Å². The Kier molecular flexibility index (Phi) is 4.76. The van der Waals surface area contributed by atoms with Gasteiger partial charge < -0.3 is 5.32 Å². The number of nitrogens with one attached hydrogen (secondary N) is 1. The highest BCUT2D eigenvalue weighted by atomic mass is 14.9. The smallest absolute Gasteiger partial charge is 0.00966 e. The fourth-order valence-electron chi connectivity index (χ4n) is 1.95. The first kappa shape index (κ1) is 14.2. The van der Waals surface area contributed by atoms with Gasteiger partial charge in [-0.3, -0.25) is 0 Å². The van der Waals surface area contributed by atoms with Crippen LogP contribution < -0.4 is 5.32 Å². The summed E-state index contributed by atoms with van der Waals surface area (Å²) in [5.74, 6) is 0.676. The van der Waals surface area contributed by atoms with Crippen LogP contribution in [0.5, 0.6) is 0 Å². The van der Waals surface area contributed by atoms with Crippen LogP contribution in [0.1, 0.15) is 44.4 Å². The Morgan fingerprint density at radius 2 is 1.82 bits per heavy atom. The minimum atomic E-state index is 0.218. The van der Waals surface area contributed by atoms with E-state index in [1.807, 2.05) is 0 Å². The Morgan fingerprint density at radius 1 is 1.18 bits per heavy atom. The summed E-state index contributed by atoms with van der Waals surface area (Å²) in [4.78, 5) is 0. The molecule has 0 saturated carbocycles. The topological polar surface area (TPSA) is 12.0 Å². The zero-order valence-electron chi connectivity index (χ0n) is 12.2. The molecule has 1 nitrogen and oxygen atoms in total. The lowest BCUT2D eigenvalue weighted by atomic mass is 9.95. The lowest BCUT2D eigenvalue weighted by molar-refractivity contribution is 0.381. The molecule has 0 aromatic heterocycles. The number of aryl methyl sites for hydroxylation is 2. The highest BCUT2D eigenvalue weighted by molar-refractivity contribution is 5.30. The Hall–Kier alpha value is -0.820. The van der Waals surface area contributed by atoms with E-state index in [4.69, 9.17) is 0 Å². The number of hydrogen-bond donors (Lipinski definition) is 1. The third-order valence-electron chi connectivity index (χ3n) is 3.05. The number of benzene rings is 1. The van der Waals surface area contributed by atoms with Gasteiger partial charge in [0.15, 0.2) is 0 Å². The second-order valence-electron chi connectivity index (χ2n) is 6.37. The lowest BCUT2D eigenvalue weighted by Crippen LogP contribution is -2.39. The van der Waals surface area contributed by atoms with E-state index in [1.54, 1.807) is 0 Å². The van der Waals surface area contributed by atoms with Crippen molar-refractivity contribution in [1.29, 1.82) is 0 Å². The molecule has 0 radical (unpaired) electrons. The van der Waals surface area contributed by atoms with E-state index in [0.29, 0.717) is 5.92 Å². The van der Waals surface area contributed by atoms with Crippen LogP contribution in [-0.2, 0) is 6.42 Å². The standard InChI is InChI=1S/C16H27N/c1-12-7-8-14(3)15(9-12)10-13(2)11-17-16(4,5)6/h7-9,13,17H,10-11H2,1-6H3. The highest BCUT2D eigenvalue weighted by Crippen LogP contribution is 2.15. The molecular formula is C16H27N. The molecule has 0 amide bonds. The molecule has 96 valence electrons. The summed E-state index contributed by atoms with van der Waals surface area (Å²) in [6.07, 6.45) is 1.16. The summed E-state index contributed by atoms with van der Waals surface area (Å²) in [7, 11) is 0. The summed E-state index contributed by atoms with van der Waals surface area (Å²) < 4.78 is 0. The number of hydrogen-bond acceptors (Lipinski definition) is 1. The molecule has 1 rings (SSSR count). The second kappa shape index (κ2) is 5.68. The first-order valence-electron chi connectivity index (χ1n) is 6.59. The maximum absolute atomic E-state index is 3.58. The molecule has 1 aromatic carbocycles. The predicted molar refractivity (Wildman–Crippen MR) is 76.5 cm³/mol. The van der Waals surface area contributed by atoms with Crippen molar-refractivity contribution >= 4 is 0 Å². The minimum Gasteiger partial charge on any atom is -0.312 e. The molecule has 17 heavy (non-hydrogen) atoms. The largest absolute Gasteiger partial charge is 0.312 e. The molecule has 0 aliphatic heterocycles. The third kappa shape index (κ3) is 5.36. The zero-order chi connectivity index (χ0) is 13.1. The van der Waals surface area contributed by atoms with Crippen LogP contribution in [0.3, 0.4) is 0 Å². The summed E-state index contributed by atoms with van der Waals surface area (Å²) in [6.45, 7) is 14.4. The Balaban J connectivity index is 2.56. The molecule has 1 aromatic rings. The average Bonchev–Trinajstić information content (AvgIpc) is 2.20. The fourth-order valence-corrected chi connectivity index (χ4v) is 1.95. The first-order chi connectivity index (χ1) is 7.78. The van der Waals surface area contributed by atoms with Crippen LogP contribution in [-0.4, -0.2) is 12.1 Å². The first-order valence-corrected chi connectivity index (χ1v) is 6.59. The fraction of sp³-hybridized carbons (Fsp3) is 0.625. The normalized spacial score (nSPS) is 13.8. The molecule has 0 spiro atoms. The van der Waals surface area contributed by atoms with Crippen LogP contribution >= 0.6 is 0 Å². The van der Waals surface area contributed by atoms with Gasteiger partial charge in [0.25, 0.3) is 0 Å². The maximum Gasteiger partial charge on any atom is 0.00966 e. The molecule has 0 saturated heterocycles. The van der Waals surface area contributed by atoms with Crippen molar-refractivity contribution in [1.82, 2.24) is 5.32 Å². The van der Waals surface area contributed by atoms with Crippen molar-refractivity contribution in [3.05, 3.63) is 34.9 Å². The van der Waals surface area contributed by atoms with E-state index in [9.17, 15) is 0 Å². The van der Waals surface area contributed by atoms with Gasteiger partial charge in [-0.1, -0.05) is 30.7 Å². The molecule has 0 bridgehead atoms. The van der Waals surface area contributed by atoms with E-state index >= 15 is 0 Å². The van der Waals surface area contributed by atoms with E-state index < -0.39 is 0 Å². The predicted octanol–water partition coefficient (Wildman–Crippen LogP) is 3.87. The van der Waals surface area contributed by atoms with Crippen LogP contribution in [0.25, 0.3) is 0 Å². The van der Waals surface area contributed by atoms with Crippen molar-refractivity contribution in [3.63, 3.8) is 0 Å². The molecule has 1 atom stereocenters. The van der Waals surface area contributed by atoms with Crippen molar-refractivity contribution in [2.75, 3.05) is 6.54 Å². The van der Waals surface area contributed by atoms with E-state index in [2.05, 4.69) is 65.1 Å². The van der Waals surface area contributed by atoms with Crippen LogP contribution in [0, 0.1) is 19.8 Å². The van der Waals surface area contributed by atoms with E-state index in [0.717, 1.165) is 13.0 Å². The Bertz CT molecular complexity index is 360. The summed E-state index contributed by atoms with van der Waals surface area (Å²) in [6, 6.07) is 6.74. The summed E-state index contributed by atoms with van der Waals surface area (Å²) >= 11 is 0. The zero-order valence-corrected chi connectivity index (χ0v) is 12.2. The number of rotatable bonds is 4. The Morgan fingerprint density at radius 3 is 2.41 bits per heavy atom. The van der Waals surface area contributed by atoms with Crippen molar-refractivity contribution in [3.8, 4) is 0 Å². The van der Waals surface area contributed by atoms with Gasteiger partial charge in [-0.2, -0.15) is 0 Å². The summed E-state index contributed by atoms with van der Waals surface area (Å²) in [5.41, 5.74) is 4.49. The van der Waals surface area contributed by atoms with Crippen molar-refractivity contribution in [2.24, 2.45) is 5.92 Å². The SMILES string of the molecule is Cc1ccc(C)c(CC(C)CNC(C)(C)C)c1. The van der Waals surface area contributed by atoms with Gasteiger partial charge in [0, 0.05) is 5.54 Å². The van der Waals surface area contributed by atoms with Gasteiger partial charge in [-0.25, -0.2) is 0 Å². The van der Waals surface area contributed by atoms with Crippen LogP contribution in [0.2, 0.25) is 0 Å². The third-order valence-corrected chi connectivity index (χ3v) is 3.05. The van der Waals surface area contributed by atoms with Gasteiger partial charge in [0.05, 0.1) is 0 Å². The van der Waals surface area contributed by atoms with Gasteiger partial charge in [0.2, 0.25) is 0 Å². The maximum atomic E-state index is 3.58. The van der Waals surface area contributed by atoms with Crippen molar-refractivity contribution < 1.29 is 0 Å². The van der Waals surface area contributed by atoms with Crippen molar-refractivity contribution in [2.45, 2.75) is 53.5 Å². The molecule has 0 aliphatic rings. The summed E-state index contributed by atoms with van der Waals surface area (Å²) in [5, 5.41) is 3.58. The van der Waals surface area contributed by atoms with Gasteiger partial charge in [-0.15, -0.1) is 0 Å². The molecule has 0 fully saturated rings. The molecule has 0 aliphatic carbocycles. The van der Waals surface area contributed by atoms with Crippen LogP contribution in [0.15, 0.2) is 18.2 Å². The average molecular weight is 233 g/mol. The molecule has 1 unspecified atom stereocenters. The monoisotopic (exact) mass is 233 g/mol. The van der Waals surface area contributed by atoms with Gasteiger partial charge in [-0.05, 0) is 64.6 Å². The molecule has 1 N–H and O–H groups in total. The second-order valence-corrected chi connectivity index (χ2v) is 6.37. The highest BCUT2D eigenvalue weighted by Gasteiger charge is 2.12. The van der Waals surface area contributed by atoms with Gasteiger partial charge in [0.1, 0.15) is 0 Å². The van der Waals surface area contributed by atoms with Gasteiger partial charge >= 0.3 is 0 Å². The molecular weight excluding hydrogens is 206 g/mol. The van der Waals surface area contributed by atoms with Crippen LogP contribution in [0.4, 0.5) is 0 Å². The molecule has 0 heterocycles. The molecule has 1 heteroatoms. The quantitative estimate of drug-likeness (QED) is 0.832. The minimum absolute atomic E-state index is 0.218.